The highest BCUT2D eigenvalue weighted by molar-refractivity contribution is 5.90. The van der Waals surface area contributed by atoms with Gasteiger partial charge in [0.1, 0.15) is 11.4 Å². The Balaban J connectivity index is 2.38. The van der Waals surface area contributed by atoms with E-state index in [-0.39, 0.29) is 5.69 Å². The Labute approximate surface area is 79.9 Å². The Bertz CT molecular complexity index is 470. The zero-order valence-electron chi connectivity index (χ0n) is 7.58. The lowest BCUT2D eigenvalue weighted by Gasteiger charge is -1.93. The van der Waals surface area contributed by atoms with Crippen LogP contribution in [0.15, 0.2) is 24.7 Å². The summed E-state index contributed by atoms with van der Waals surface area (Å²) in [5, 5.41) is 7.97. The van der Waals surface area contributed by atoms with Crippen LogP contribution in [0.3, 0.4) is 0 Å². The monoisotopic (exact) mass is 191 g/mol. The molecule has 0 bridgehead atoms. The van der Waals surface area contributed by atoms with Crippen LogP contribution < -0.4 is 5.73 Å². The SMILES string of the molecule is Cn1cc(-n2ccc(C(N)=O)n2)cn1. The van der Waals surface area contributed by atoms with E-state index in [9.17, 15) is 4.79 Å². The average molecular weight is 191 g/mol. The molecule has 0 aromatic carbocycles. The van der Waals surface area contributed by atoms with Gasteiger partial charge in [-0.05, 0) is 6.07 Å². The summed E-state index contributed by atoms with van der Waals surface area (Å²) < 4.78 is 3.20. The van der Waals surface area contributed by atoms with Crippen LogP contribution in [0.2, 0.25) is 0 Å². The van der Waals surface area contributed by atoms with E-state index in [0.29, 0.717) is 0 Å². The second-order valence-electron chi connectivity index (χ2n) is 2.88. The molecule has 0 aliphatic rings. The molecule has 0 saturated heterocycles. The number of primary amides is 1. The Morgan fingerprint density at radius 1 is 1.57 bits per heavy atom. The average Bonchev–Trinajstić information content (AvgIpc) is 2.70. The topological polar surface area (TPSA) is 78.7 Å². The maximum absolute atomic E-state index is 10.8. The predicted octanol–water partition coefficient (Wildman–Crippen LogP) is -0.295. The van der Waals surface area contributed by atoms with Crippen molar-refractivity contribution in [2.75, 3.05) is 0 Å². The van der Waals surface area contributed by atoms with Gasteiger partial charge in [0.2, 0.25) is 0 Å². The first-order valence-electron chi connectivity index (χ1n) is 4.01. The van der Waals surface area contributed by atoms with Crippen LogP contribution in [0.1, 0.15) is 10.5 Å². The van der Waals surface area contributed by atoms with E-state index in [1.54, 1.807) is 34.0 Å². The lowest BCUT2D eigenvalue weighted by molar-refractivity contribution is 0.0995. The van der Waals surface area contributed by atoms with Crippen molar-refractivity contribution in [2.24, 2.45) is 12.8 Å². The first-order valence-corrected chi connectivity index (χ1v) is 4.01. The van der Waals surface area contributed by atoms with Gasteiger partial charge in [-0.2, -0.15) is 10.2 Å². The van der Waals surface area contributed by atoms with Gasteiger partial charge in [0.25, 0.3) is 5.91 Å². The summed E-state index contributed by atoms with van der Waals surface area (Å²) in [6.45, 7) is 0. The number of carbonyl (C=O) groups is 1. The summed E-state index contributed by atoms with van der Waals surface area (Å²) in [4.78, 5) is 10.8. The molecule has 0 atom stereocenters. The number of hydrogen-bond acceptors (Lipinski definition) is 3. The van der Waals surface area contributed by atoms with Crippen LogP contribution in [0.4, 0.5) is 0 Å². The number of nitrogens with zero attached hydrogens (tertiary/aromatic N) is 4. The molecule has 0 aliphatic heterocycles. The highest BCUT2D eigenvalue weighted by atomic mass is 16.1. The highest BCUT2D eigenvalue weighted by Crippen LogP contribution is 2.04. The second-order valence-corrected chi connectivity index (χ2v) is 2.88. The smallest absolute Gasteiger partial charge is 0.269 e. The van der Waals surface area contributed by atoms with E-state index in [1.807, 2.05) is 7.05 Å². The number of nitrogens with two attached hydrogens (primary N) is 1. The van der Waals surface area contributed by atoms with Crippen molar-refractivity contribution >= 4 is 5.91 Å². The number of hydrogen-bond donors (Lipinski definition) is 1. The zero-order chi connectivity index (χ0) is 10.1. The van der Waals surface area contributed by atoms with Crippen molar-refractivity contribution in [2.45, 2.75) is 0 Å². The van der Waals surface area contributed by atoms with E-state index < -0.39 is 5.91 Å². The van der Waals surface area contributed by atoms with Gasteiger partial charge in [-0.25, -0.2) is 4.68 Å². The van der Waals surface area contributed by atoms with Crippen molar-refractivity contribution < 1.29 is 4.79 Å². The summed E-state index contributed by atoms with van der Waals surface area (Å²) >= 11 is 0. The van der Waals surface area contributed by atoms with Gasteiger partial charge < -0.3 is 5.73 Å². The van der Waals surface area contributed by atoms with Crippen molar-refractivity contribution in [1.29, 1.82) is 0 Å². The van der Waals surface area contributed by atoms with Crippen LogP contribution in [-0.2, 0) is 7.05 Å². The Hall–Kier alpha value is -2.11. The largest absolute Gasteiger partial charge is 0.364 e. The fourth-order valence-corrected chi connectivity index (χ4v) is 1.13. The predicted molar refractivity (Wildman–Crippen MR) is 48.8 cm³/mol. The molecule has 2 aromatic heterocycles. The van der Waals surface area contributed by atoms with E-state index in [1.165, 1.54) is 0 Å². The summed E-state index contributed by atoms with van der Waals surface area (Å²) in [5.41, 5.74) is 6.11. The van der Waals surface area contributed by atoms with Crippen LogP contribution in [0.25, 0.3) is 5.69 Å². The fraction of sp³-hybridized carbons (Fsp3) is 0.125. The fourth-order valence-electron chi connectivity index (χ4n) is 1.13. The molecule has 14 heavy (non-hydrogen) atoms. The van der Waals surface area contributed by atoms with Crippen molar-refractivity contribution in [3.05, 3.63) is 30.4 Å². The zero-order valence-corrected chi connectivity index (χ0v) is 7.58. The lowest BCUT2D eigenvalue weighted by Crippen LogP contribution is -2.12. The van der Waals surface area contributed by atoms with E-state index in [4.69, 9.17) is 5.73 Å². The molecule has 0 unspecified atom stereocenters. The minimum atomic E-state index is -0.535. The normalized spacial score (nSPS) is 10.4. The molecule has 2 N–H and O–H groups in total. The third-order valence-corrected chi connectivity index (χ3v) is 1.80. The molecule has 0 spiro atoms. The van der Waals surface area contributed by atoms with Gasteiger partial charge >= 0.3 is 0 Å². The summed E-state index contributed by atoms with van der Waals surface area (Å²) in [5.74, 6) is -0.535. The third kappa shape index (κ3) is 1.37. The molecule has 72 valence electrons. The van der Waals surface area contributed by atoms with E-state index in [0.717, 1.165) is 5.69 Å². The molecule has 0 aliphatic carbocycles. The maximum Gasteiger partial charge on any atom is 0.269 e. The minimum Gasteiger partial charge on any atom is -0.364 e. The standard InChI is InChI=1S/C8H9N5O/c1-12-5-6(4-10-12)13-3-2-7(11-13)8(9)14/h2-5H,1H3,(H2,9,14). The minimum absolute atomic E-state index is 0.244. The first kappa shape index (κ1) is 8.49. The second kappa shape index (κ2) is 2.99. The molecule has 1 amide bonds. The van der Waals surface area contributed by atoms with Gasteiger partial charge in [-0.3, -0.25) is 9.48 Å². The number of aryl methyl sites for hydroxylation is 1. The van der Waals surface area contributed by atoms with E-state index in [2.05, 4.69) is 10.2 Å². The van der Waals surface area contributed by atoms with Gasteiger partial charge in [0.05, 0.1) is 12.4 Å². The maximum atomic E-state index is 10.8. The van der Waals surface area contributed by atoms with Gasteiger partial charge in [-0.15, -0.1) is 0 Å². The molecule has 2 aromatic rings. The molecular weight excluding hydrogens is 182 g/mol. The first-order chi connectivity index (χ1) is 6.66. The lowest BCUT2D eigenvalue weighted by atomic mass is 10.4. The van der Waals surface area contributed by atoms with Gasteiger partial charge in [-0.1, -0.05) is 0 Å². The van der Waals surface area contributed by atoms with Crippen molar-refractivity contribution in [3.8, 4) is 5.69 Å². The molecule has 2 rings (SSSR count). The molecular formula is C8H9N5O. The van der Waals surface area contributed by atoms with Crippen molar-refractivity contribution in [1.82, 2.24) is 19.6 Å². The summed E-state index contributed by atoms with van der Waals surface area (Å²) in [6, 6.07) is 1.56. The number of rotatable bonds is 2. The van der Waals surface area contributed by atoms with Crippen LogP contribution in [0.5, 0.6) is 0 Å². The molecule has 6 nitrogen and oxygen atoms in total. The molecule has 0 saturated carbocycles. The van der Waals surface area contributed by atoms with E-state index >= 15 is 0 Å². The van der Waals surface area contributed by atoms with Crippen LogP contribution in [-0.4, -0.2) is 25.5 Å². The Morgan fingerprint density at radius 3 is 2.86 bits per heavy atom. The number of carbonyl (C=O) groups excluding carboxylic acids is 1. The third-order valence-electron chi connectivity index (χ3n) is 1.80. The quantitative estimate of drug-likeness (QED) is 0.708. The Kier molecular flexibility index (Phi) is 1.81. The molecule has 2 heterocycles. The number of amides is 1. The number of aromatic nitrogens is 4. The molecule has 6 heteroatoms. The summed E-state index contributed by atoms with van der Waals surface area (Å²) in [6.07, 6.45) is 5.10. The van der Waals surface area contributed by atoms with Crippen LogP contribution in [0, 0.1) is 0 Å². The highest BCUT2D eigenvalue weighted by Gasteiger charge is 2.06. The Morgan fingerprint density at radius 2 is 2.36 bits per heavy atom. The summed E-state index contributed by atoms with van der Waals surface area (Å²) in [7, 11) is 1.81. The van der Waals surface area contributed by atoms with Gasteiger partial charge in [0, 0.05) is 13.2 Å². The van der Waals surface area contributed by atoms with Crippen LogP contribution >= 0.6 is 0 Å². The van der Waals surface area contributed by atoms with Crippen molar-refractivity contribution in [3.63, 3.8) is 0 Å². The molecule has 0 radical (unpaired) electrons. The van der Waals surface area contributed by atoms with Gasteiger partial charge in [0.15, 0.2) is 0 Å². The molecule has 0 fully saturated rings.